The van der Waals surface area contributed by atoms with E-state index in [0.29, 0.717) is 16.3 Å². The van der Waals surface area contributed by atoms with E-state index in [1.54, 1.807) is 12.3 Å². The van der Waals surface area contributed by atoms with Crippen LogP contribution in [0.15, 0.2) is 36.5 Å². The van der Waals surface area contributed by atoms with Gasteiger partial charge in [-0.25, -0.2) is 0 Å². The molecule has 0 aliphatic heterocycles. The lowest BCUT2D eigenvalue weighted by Crippen LogP contribution is -2.04. The summed E-state index contributed by atoms with van der Waals surface area (Å²) in [6.45, 7) is 0. The molecule has 0 aliphatic carbocycles. The Balaban J connectivity index is 2.22. The lowest BCUT2D eigenvalue weighted by molar-refractivity contribution is -0.137. The molecule has 0 aliphatic rings. The summed E-state index contributed by atoms with van der Waals surface area (Å²) in [5.74, 6) is 5.48. The van der Waals surface area contributed by atoms with E-state index in [2.05, 4.69) is 16.8 Å². The molecule has 5 heteroatoms. The van der Waals surface area contributed by atoms with Gasteiger partial charge in [-0.05, 0) is 36.3 Å². The van der Waals surface area contributed by atoms with Gasteiger partial charge in [-0.15, -0.1) is 0 Å². The highest BCUT2D eigenvalue weighted by Crippen LogP contribution is 2.28. The maximum atomic E-state index is 12.3. The third-order valence-electron chi connectivity index (χ3n) is 2.24. The van der Waals surface area contributed by atoms with Crippen molar-refractivity contribution in [3.63, 3.8) is 0 Å². The van der Waals surface area contributed by atoms with Crippen molar-refractivity contribution < 1.29 is 13.2 Å². The van der Waals surface area contributed by atoms with Crippen LogP contribution in [-0.2, 0) is 6.18 Å². The summed E-state index contributed by atoms with van der Waals surface area (Å²) in [6, 6.07) is 6.30. The molecule has 1 nitrogen and oxygen atoms in total. The van der Waals surface area contributed by atoms with Gasteiger partial charge in [-0.3, -0.25) is 0 Å². The maximum Gasteiger partial charge on any atom is 0.416 e. The minimum Gasteiger partial charge on any atom is -0.354 e. The lowest BCUT2D eigenvalue weighted by Gasteiger charge is -2.05. The number of halogens is 4. The number of rotatable bonds is 0. The van der Waals surface area contributed by atoms with Crippen molar-refractivity contribution in [2.45, 2.75) is 6.18 Å². The molecule has 0 amide bonds. The Hall–Kier alpha value is -1.86. The Bertz CT molecular complexity index is 600. The highest BCUT2D eigenvalue weighted by molar-refractivity contribution is 6.31. The van der Waals surface area contributed by atoms with E-state index in [9.17, 15) is 13.2 Å². The van der Waals surface area contributed by atoms with Crippen LogP contribution in [0.1, 0.15) is 16.8 Å². The molecule has 1 aromatic carbocycles. The Labute approximate surface area is 107 Å². The monoisotopic (exact) mass is 269 g/mol. The van der Waals surface area contributed by atoms with Gasteiger partial charge in [0.25, 0.3) is 0 Å². The van der Waals surface area contributed by atoms with Crippen molar-refractivity contribution in [3.05, 3.63) is 58.4 Å². The second kappa shape index (κ2) is 4.79. The van der Waals surface area contributed by atoms with Crippen molar-refractivity contribution in [1.82, 2.24) is 4.98 Å². The quantitative estimate of drug-likeness (QED) is 0.694. The summed E-state index contributed by atoms with van der Waals surface area (Å²) in [6.07, 6.45) is -2.69. The number of benzene rings is 1. The highest BCUT2D eigenvalue weighted by Gasteiger charge is 2.29. The van der Waals surface area contributed by atoms with E-state index in [-0.39, 0.29) is 0 Å². The molecule has 1 aromatic heterocycles. The van der Waals surface area contributed by atoms with Crippen molar-refractivity contribution in [2.75, 3.05) is 0 Å². The van der Waals surface area contributed by atoms with E-state index in [4.69, 9.17) is 11.6 Å². The number of hydrogen-bond acceptors (Lipinski definition) is 0. The molecule has 18 heavy (non-hydrogen) atoms. The van der Waals surface area contributed by atoms with Crippen LogP contribution in [0.2, 0.25) is 5.02 Å². The number of nitrogens with one attached hydrogen (secondary N) is 1. The van der Waals surface area contributed by atoms with Gasteiger partial charge in [0.05, 0.1) is 10.6 Å². The average molecular weight is 270 g/mol. The van der Waals surface area contributed by atoms with E-state index >= 15 is 0 Å². The molecule has 1 N–H and O–H groups in total. The van der Waals surface area contributed by atoms with Crippen LogP contribution >= 0.6 is 11.6 Å². The molecule has 1 heterocycles. The van der Waals surface area contributed by atoms with Gasteiger partial charge in [0, 0.05) is 11.8 Å². The molecule has 2 rings (SSSR count). The number of hydrogen-bond donors (Lipinski definition) is 1. The fraction of sp³-hybridized carbons (Fsp3) is 0.0769. The minimum absolute atomic E-state index is 0.481. The first kappa shape index (κ1) is 12.6. The maximum absolute atomic E-state index is 12.3. The fourth-order valence-corrected chi connectivity index (χ4v) is 1.49. The normalized spacial score (nSPS) is 10.9. The van der Waals surface area contributed by atoms with Crippen LogP contribution in [0.3, 0.4) is 0 Å². The van der Waals surface area contributed by atoms with Crippen LogP contribution < -0.4 is 0 Å². The molecule has 0 atom stereocenters. The number of aromatic amines is 1. The molecule has 0 saturated carbocycles. The Morgan fingerprint density at radius 1 is 1.00 bits per heavy atom. The second-order valence-corrected chi connectivity index (χ2v) is 3.93. The van der Waals surface area contributed by atoms with Crippen molar-refractivity contribution in [2.24, 2.45) is 0 Å². The first-order valence-electron chi connectivity index (χ1n) is 4.99. The Morgan fingerprint density at radius 3 is 2.17 bits per heavy atom. The van der Waals surface area contributed by atoms with Gasteiger partial charge in [0.15, 0.2) is 0 Å². The zero-order chi connectivity index (χ0) is 13.2. The molecular weight excluding hydrogens is 263 g/mol. The predicted molar refractivity (Wildman–Crippen MR) is 63.2 cm³/mol. The smallest absolute Gasteiger partial charge is 0.354 e. The molecule has 92 valence electrons. The van der Waals surface area contributed by atoms with E-state index < -0.39 is 11.7 Å². The molecule has 0 saturated heterocycles. The van der Waals surface area contributed by atoms with Crippen molar-refractivity contribution in [1.29, 1.82) is 0 Å². The second-order valence-electron chi connectivity index (χ2n) is 3.53. The lowest BCUT2D eigenvalue weighted by atomic mass is 10.1. The Morgan fingerprint density at radius 2 is 1.67 bits per heavy atom. The highest BCUT2D eigenvalue weighted by atomic mass is 35.5. The summed E-state index contributed by atoms with van der Waals surface area (Å²) >= 11 is 5.81. The molecule has 2 aromatic rings. The molecule has 0 unspecified atom stereocenters. The minimum atomic E-state index is -4.32. The van der Waals surface area contributed by atoms with Gasteiger partial charge in [0.1, 0.15) is 5.69 Å². The van der Waals surface area contributed by atoms with Crippen LogP contribution in [-0.4, -0.2) is 4.98 Å². The first-order valence-corrected chi connectivity index (χ1v) is 5.37. The third-order valence-corrected chi connectivity index (χ3v) is 2.56. The summed E-state index contributed by atoms with van der Waals surface area (Å²) in [4.78, 5) is 2.83. The predicted octanol–water partition coefficient (Wildman–Crippen LogP) is 4.09. The number of aromatic nitrogens is 1. The van der Waals surface area contributed by atoms with Gasteiger partial charge >= 0.3 is 6.18 Å². The van der Waals surface area contributed by atoms with Crippen LogP contribution in [0, 0.1) is 11.8 Å². The van der Waals surface area contributed by atoms with E-state index in [1.165, 1.54) is 12.1 Å². The van der Waals surface area contributed by atoms with Crippen molar-refractivity contribution >= 4 is 11.6 Å². The molecule has 0 spiro atoms. The zero-order valence-corrected chi connectivity index (χ0v) is 9.73. The average Bonchev–Trinajstić information content (AvgIpc) is 2.72. The summed E-state index contributed by atoms with van der Waals surface area (Å²) in [5, 5.41) is 0.481. The fourth-order valence-electron chi connectivity index (χ4n) is 1.32. The topological polar surface area (TPSA) is 15.8 Å². The van der Waals surface area contributed by atoms with Gasteiger partial charge in [-0.1, -0.05) is 17.5 Å². The van der Waals surface area contributed by atoms with Crippen LogP contribution in [0.5, 0.6) is 0 Å². The SMILES string of the molecule is FC(F)(F)c1ccc(C#Cc2[nH]ccc2Cl)cc1. The van der Waals surface area contributed by atoms with Crippen molar-refractivity contribution in [3.8, 4) is 11.8 Å². The molecular formula is C13H7ClF3N. The molecule has 0 bridgehead atoms. The largest absolute Gasteiger partial charge is 0.416 e. The third kappa shape index (κ3) is 2.88. The van der Waals surface area contributed by atoms with Gasteiger partial charge in [0.2, 0.25) is 0 Å². The van der Waals surface area contributed by atoms with Gasteiger partial charge < -0.3 is 4.98 Å². The number of alkyl halides is 3. The first-order chi connectivity index (χ1) is 8.47. The van der Waals surface area contributed by atoms with E-state index in [1.807, 2.05) is 0 Å². The van der Waals surface area contributed by atoms with E-state index in [0.717, 1.165) is 12.1 Å². The summed E-state index contributed by atoms with van der Waals surface area (Å²) in [5.41, 5.74) is 0.344. The zero-order valence-electron chi connectivity index (χ0n) is 8.98. The molecule has 0 fully saturated rings. The van der Waals surface area contributed by atoms with Gasteiger partial charge in [-0.2, -0.15) is 13.2 Å². The number of H-pyrrole nitrogens is 1. The summed E-state index contributed by atoms with van der Waals surface area (Å²) < 4.78 is 37.0. The van der Waals surface area contributed by atoms with Crippen LogP contribution in [0.25, 0.3) is 0 Å². The summed E-state index contributed by atoms with van der Waals surface area (Å²) in [7, 11) is 0. The standard InChI is InChI=1S/C13H7ClF3N/c14-11-7-8-18-12(11)6-3-9-1-4-10(5-2-9)13(15,16)17/h1-2,4-5,7-8,18H. The Kier molecular flexibility index (Phi) is 3.35. The van der Waals surface area contributed by atoms with Crippen LogP contribution in [0.4, 0.5) is 13.2 Å². The molecule has 0 radical (unpaired) electrons.